The van der Waals surface area contributed by atoms with Crippen LogP contribution in [0.15, 0.2) is 24.3 Å². The number of carbonyl (C=O) groups is 1. The van der Waals surface area contributed by atoms with E-state index in [0.29, 0.717) is 23.5 Å². The third-order valence-corrected chi connectivity index (χ3v) is 4.21. The van der Waals surface area contributed by atoms with Crippen molar-refractivity contribution in [2.75, 3.05) is 0 Å². The highest BCUT2D eigenvalue weighted by molar-refractivity contribution is 5.95. The fourth-order valence-corrected chi connectivity index (χ4v) is 3.54. The topological polar surface area (TPSA) is 64.3 Å². The van der Waals surface area contributed by atoms with Crippen LogP contribution in [0, 0.1) is 11.3 Å². The maximum atomic E-state index is 11.7. The number of nitrogen functional groups attached to an aromatic ring is 1. The molecule has 1 saturated carbocycles. The number of nitrogens with one attached hydrogen (secondary N) is 1. The van der Waals surface area contributed by atoms with Gasteiger partial charge in [-0.1, -0.05) is 39.0 Å². The van der Waals surface area contributed by atoms with Gasteiger partial charge in [-0.05, 0) is 42.2 Å². The summed E-state index contributed by atoms with van der Waals surface area (Å²) in [5, 5.41) is 0. The zero-order chi connectivity index (χ0) is 15.5. The number of amides is 1. The second kappa shape index (κ2) is 6.58. The Kier molecular flexibility index (Phi) is 5.01. The highest BCUT2D eigenvalue weighted by atomic mass is 16.5. The predicted octanol–water partition coefficient (Wildman–Crippen LogP) is 3.02. The van der Waals surface area contributed by atoms with Crippen molar-refractivity contribution in [3.8, 4) is 0 Å². The van der Waals surface area contributed by atoms with Crippen LogP contribution >= 0.6 is 0 Å². The number of ether oxygens (including phenoxy) is 1. The lowest BCUT2D eigenvalue weighted by Gasteiger charge is -2.38. The second-order valence-corrected chi connectivity index (χ2v) is 6.98. The van der Waals surface area contributed by atoms with Crippen molar-refractivity contribution in [3.05, 3.63) is 35.4 Å². The molecule has 4 nitrogen and oxygen atoms in total. The van der Waals surface area contributed by atoms with Gasteiger partial charge in [0.05, 0.1) is 12.7 Å². The molecule has 0 heterocycles. The average molecular weight is 290 g/mol. The minimum atomic E-state index is -0.272. The average Bonchev–Trinajstić information content (AvgIpc) is 2.42. The quantitative estimate of drug-likeness (QED) is 0.509. The van der Waals surface area contributed by atoms with Crippen molar-refractivity contribution in [2.24, 2.45) is 17.2 Å². The molecule has 3 N–H and O–H groups in total. The molecule has 1 aromatic rings. The number of rotatable bonds is 4. The van der Waals surface area contributed by atoms with Crippen LogP contribution in [-0.4, -0.2) is 12.0 Å². The van der Waals surface area contributed by atoms with Crippen LogP contribution in [0.25, 0.3) is 0 Å². The van der Waals surface area contributed by atoms with Gasteiger partial charge in [-0.2, -0.15) is 0 Å². The van der Waals surface area contributed by atoms with Crippen molar-refractivity contribution in [3.63, 3.8) is 0 Å². The lowest BCUT2D eigenvalue weighted by molar-refractivity contribution is -0.0317. The minimum absolute atomic E-state index is 0.262. The molecule has 1 aliphatic rings. The Labute approximate surface area is 127 Å². The summed E-state index contributed by atoms with van der Waals surface area (Å²) < 4.78 is 6.09. The number of hydrazine groups is 1. The molecule has 0 bridgehead atoms. The molecule has 2 atom stereocenters. The van der Waals surface area contributed by atoms with Gasteiger partial charge in [0.2, 0.25) is 0 Å². The first-order valence-electron chi connectivity index (χ1n) is 7.62. The third-order valence-electron chi connectivity index (χ3n) is 4.21. The highest BCUT2D eigenvalue weighted by Crippen LogP contribution is 2.39. The predicted molar refractivity (Wildman–Crippen MR) is 83.5 cm³/mol. The van der Waals surface area contributed by atoms with Crippen LogP contribution in [0.3, 0.4) is 0 Å². The van der Waals surface area contributed by atoms with E-state index in [-0.39, 0.29) is 12.0 Å². The van der Waals surface area contributed by atoms with E-state index in [9.17, 15) is 4.79 Å². The summed E-state index contributed by atoms with van der Waals surface area (Å²) in [6, 6.07) is 7.44. The molecule has 0 radical (unpaired) electrons. The zero-order valence-electron chi connectivity index (χ0n) is 13.2. The maximum absolute atomic E-state index is 11.7. The van der Waals surface area contributed by atoms with Crippen LogP contribution in [0.1, 0.15) is 56.0 Å². The first kappa shape index (κ1) is 16.0. The van der Waals surface area contributed by atoms with Crippen LogP contribution in [0.4, 0.5) is 0 Å². The fourth-order valence-electron chi connectivity index (χ4n) is 3.54. The first-order valence-corrected chi connectivity index (χ1v) is 7.62. The number of nitrogens with two attached hydrogens (primary N) is 1. The maximum Gasteiger partial charge on any atom is 0.265 e. The zero-order valence-corrected chi connectivity index (χ0v) is 13.2. The van der Waals surface area contributed by atoms with E-state index in [1.807, 2.05) is 18.2 Å². The summed E-state index contributed by atoms with van der Waals surface area (Å²) in [4.78, 5) is 11.7. The molecule has 0 aromatic heterocycles. The molecule has 1 aromatic carbocycles. The largest absolute Gasteiger partial charge is 0.373 e. The van der Waals surface area contributed by atoms with Crippen molar-refractivity contribution in [2.45, 2.75) is 52.7 Å². The van der Waals surface area contributed by atoms with E-state index in [1.54, 1.807) is 6.07 Å². The molecule has 1 amide bonds. The fraction of sp³-hybridized carbons (Fsp3) is 0.588. The number of carbonyl (C=O) groups excluding carboxylic acids is 1. The summed E-state index contributed by atoms with van der Waals surface area (Å²) in [7, 11) is 0. The molecular weight excluding hydrogens is 264 g/mol. The van der Waals surface area contributed by atoms with Crippen LogP contribution in [-0.2, 0) is 11.3 Å². The molecular formula is C17H26N2O2. The SMILES string of the molecule is CC1CC(OCc2ccccc2C(=O)NN)CC(C)(C)C1. The normalized spacial score (nSPS) is 24.6. The summed E-state index contributed by atoms with van der Waals surface area (Å²) >= 11 is 0. The van der Waals surface area contributed by atoms with Crippen LogP contribution in [0.5, 0.6) is 0 Å². The van der Waals surface area contributed by atoms with Gasteiger partial charge in [-0.15, -0.1) is 0 Å². The standard InChI is InChI=1S/C17H26N2O2/c1-12-8-14(10-17(2,3)9-12)21-11-13-6-4-5-7-15(13)16(20)19-18/h4-7,12,14H,8-11,18H2,1-3H3,(H,19,20). The molecule has 0 saturated heterocycles. The van der Waals surface area contributed by atoms with E-state index in [2.05, 4.69) is 26.2 Å². The van der Waals surface area contributed by atoms with Gasteiger partial charge in [-0.25, -0.2) is 5.84 Å². The smallest absolute Gasteiger partial charge is 0.265 e. The van der Waals surface area contributed by atoms with Crippen molar-refractivity contribution in [1.82, 2.24) is 5.43 Å². The minimum Gasteiger partial charge on any atom is -0.373 e. The Morgan fingerprint density at radius 2 is 2.10 bits per heavy atom. The number of hydrogen-bond donors (Lipinski definition) is 2. The molecule has 1 aliphatic carbocycles. The van der Waals surface area contributed by atoms with Crippen molar-refractivity contribution >= 4 is 5.91 Å². The van der Waals surface area contributed by atoms with Gasteiger partial charge >= 0.3 is 0 Å². The van der Waals surface area contributed by atoms with Gasteiger partial charge < -0.3 is 4.74 Å². The molecule has 0 aliphatic heterocycles. The van der Waals surface area contributed by atoms with E-state index >= 15 is 0 Å². The summed E-state index contributed by atoms with van der Waals surface area (Å²) in [6.07, 6.45) is 3.67. The third kappa shape index (κ3) is 4.29. The van der Waals surface area contributed by atoms with Crippen molar-refractivity contribution < 1.29 is 9.53 Å². The first-order chi connectivity index (χ1) is 9.91. The summed E-state index contributed by atoms with van der Waals surface area (Å²) in [5.74, 6) is 5.64. The van der Waals surface area contributed by atoms with Crippen molar-refractivity contribution in [1.29, 1.82) is 0 Å². The van der Waals surface area contributed by atoms with Gasteiger partial charge in [0.15, 0.2) is 0 Å². The van der Waals surface area contributed by atoms with Gasteiger partial charge in [0, 0.05) is 5.56 Å². The van der Waals surface area contributed by atoms with Crippen LogP contribution < -0.4 is 11.3 Å². The Hall–Kier alpha value is -1.39. The van der Waals surface area contributed by atoms with E-state index in [1.165, 1.54) is 6.42 Å². The number of benzene rings is 1. The molecule has 0 spiro atoms. The Bertz CT molecular complexity index is 499. The Morgan fingerprint density at radius 1 is 1.38 bits per heavy atom. The molecule has 2 unspecified atom stereocenters. The van der Waals surface area contributed by atoms with Gasteiger partial charge in [0.1, 0.15) is 0 Å². The Morgan fingerprint density at radius 3 is 2.76 bits per heavy atom. The highest BCUT2D eigenvalue weighted by Gasteiger charge is 2.32. The lowest BCUT2D eigenvalue weighted by Crippen LogP contribution is -2.33. The Balaban J connectivity index is 2.02. The second-order valence-electron chi connectivity index (χ2n) is 6.98. The lowest BCUT2D eigenvalue weighted by atomic mass is 9.71. The monoisotopic (exact) mass is 290 g/mol. The van der Waals surface area contributed by atoms with Crippen LogP contribution in [0.2, 0.25) is 0 Å². The molecule has 2 rings (SSSR count). The molecule has 116 valence electrons. The summed E-state index contributed by atoms with van der Waals surface area (Å²) in [6.45, 7) is 7.34. The van der Waals surface area contributed by atoms with E-state index < -0.39 is 0 Å². The van der Waals surface area contributed by atoms with E-state index in [4.69, 9.17) is 10.6 Å². The molecule has 4 heteroatoms. The van der Waals surface area contributed by atoms with Gasteiger partial charge in [0.25, 0.3) is 5.91 Å². The molecule has 1 fully saturated rings. The number of hydrogen-bond acceptors (Lipinski definition) is 3. The van der Waals surface area contributed by atoms with Gasteiger partial charge in [-0.3, -0.25) is 10.2 Å². The summed E-state index contributed by atoms with van der Waals surface area (Å²) in [5.41, 5.74) is 3.99. The molecule has 21 heavy (non-hydrogen) atoms. The van der Waals surface area contributed by atoms with E-state index in [0.717, 1.165) is 18.4 Å².